The van der Waals surface area contributed by atoms with Crippen LogP contribution in [0.15, 0.2) is 41.6 Å². The summed E-state index contributed by atoms with van der Waals surface area (Å²) in [7, 11) is 0. The van der Waals surface area contributed by atoms with Crippen molar-refractivity contribution in [3.8, 4) is 11.1 Å². The van der Waals surface area contributed by atoms with Crippen LogP contribution in [0.1, 0.15) is 61.8 Å². The lowest BCUT2D eigenvalue weighted by atomic mass is 9.96. The normalized spacial score (nSPS) is 12.8. The van der Waals surface area contributed by atoms with E-state index in [-0.39, 0.29) is 0 Å². The monoisotopic (exact) mass is 279 g/mol. The minimum absolute atomic E-state index is 0.463. The molecule has 0 bridgehead atoms. The second-order valence-electron chi connectivity index (χ2n) is 6.37. The largest absolute Gasteiger partial charge is 0.410 e. The van der Waals surface area contributed by atoms with E-state index in [1.54, 1.807) is 0 Å². The van der Waals surface area contributed by atoms with E-state index in [9.17, 15) is 5.21 Å². The molecule has 2 heteroatoms. The van der Waals surface area contributed by atoms with E-state index in [1.165, 1.54) is 11.1 Å². The molecule has 1 aliphatic carbocycles. The van der Waals surface area contributed by atoms with Crippen LogP contribution in [0.2, 0.25) is 0 Å². The van der Waals surface area contributed by atoms with Gasteiger partial charge in [-0.25, -0.2) is 0 Å². The number of oxime groups is 1. The zero-order chi connectivity index (χ0) is 15.1. The summed E-state index contributed by atoms with van der Waals surface area (Å²) in [6, 6.07) is 13.0. The first-order valence-corrected chi connectivity index (χ1v) is 7.54. The van der Waals surface area contributed by atoms with Crippen molar-refractivity contribution in [1.82, 2.24) is 0 Å². The maximum absolute atomic E-state index is 9.51. The Hall–Kier alpha value is -2.09. The fourth-order valence-electron chi connectivity index (χ4n) is 2.96. The van der Waals surface area contributed by atoms with Gasteiger partial charge in [0.25, 0.3) is 0 Å². The van der Waals surface area contributed by atoms with Crippen LogP contribution < -0.4 is 0 Å². The first kappa shape index (κ1) is 13.9. The van der Waals surface area contributed by atoms with Crippen molar-refractivity contribution in [2.75, 3.05) is 0 Å². The van der Waals surface area contributed by atoms with Crippen LogP contribution >= 0.6 is 0 Å². The summed E-state index contributed by atoms with van der Waals surface area (Å²) in [6.07, 6.45) is 0. The highest BCUT2D eigenvalue weighted by molar-refractivity contribution is 6.24. The molecule has 108 valence electrons. The fraction of sp³-hybridized carbons (Fsp3) is 0.316. The van der Waals surface area contributed by atoms with Crippen molar-refractivity contribution in [3.05, 3.63) is 58.7 Å². The van der Waals surface area contributed by atoms with E-state index < -0.39 is 0 Å². The Kier molecular flexibility index (Phi) is 3.32. The Morgan fingerprint density at radius 2 is 1.14 bits per heavy atom. The summed E-state index contributed by atoms with van der Waals surface area (Å²) in [5.74, 6) is 0.926. The third kappa shape index (κ3) is 2.15. The zero-order valence-corrected chi connectivity index (χ0v) is 13.0. The quantitative estimate of drug-likeness (QED) is 0.511. The van der Waals surface area contributed by atoms with Gasteiger partial charge in [-0.1, -0.05) is 57.1 Å². The molecule has 0 aromatic heterocycles. The molecule has 3 rings (SSSR count). The summed E-state index contributed by atoms with van der Waals surface area (Å²) in [5, 5.41) is 13.1. The first-order chi connectivity index (χ1) is 10.0. The topological polar surface area (TPSA) is 32.6 Å². The second-order valence-corrected chi connectivity index (χ2v) is 6.37. The Morgan fingerprint density at radius 1 is 0.714 bits per heavy atom. The van der Waals surface area contributed by atoms with Gasteiger partial charge in [-0.3, -0.25) is 0 Å². The SMILES string of the molecule is CC(C)c1ccc2c(c1)C(=NO)c1cc(C(C)C)ccc1-2. The Balaban J connectivity index is 2.21. The third-order valence-electron chi connectivity index (χ3n) is 4.32. The number of hydrogen-bond acceptors (Lipinski definition) is 2. The molecule has 0 amide bonds. The zero-order valence-electron chi connectivity index (χ0n) is 13.0. The summed E-state index contributed by atoms with van der Waals surface area (Å²) in [5.41, 5.74) is 7.65. The van der Waals surface area contributed by atoms with E-state index in [4.69, 9.17) is 0 Å². The van der Waals surface area contributed by atoms with Crippen LogP contribution in [0.3, 0.4) is 0 Å². The molecule has 1 aliphatic rings. The van der Waals surface area contributed by atoms with Crippen molar-refractivity contribution in [2.45, 2.75) is 39.5 Å². The van der Waals surface area contributed by atoms with Crippen LogP contribution in [0, 0.1) is 0 Å². The molecular formula is C19H21NO. The minimum Gasteiger partial charge on any atom is -0.410 e. The average molecular weight is 279 g/mol. The van der Waals surface area contributed by atoms with Crippen molar-refractivity contribution in [2.24, 2.45) is 5.16 Å². The maximum Gasteiger partial charge on any atom is 0.118 e. The summed E-state index contributed by atoms with van der Waals surface area (Å²) in [4.78, 5) is 0. The summed E-state index contributed by atoms with van der Waals surface area (Å²) in [6.45, 7) is 8.71. The van der Waals surface area contributed by atoms with E-state index in [0.29, 0.717) is 17.5 Å². The van der Waals surface area contributed by atoms with E-state index in [2.05, 4.69) is 69.2 Å². The molecule has 2 aromatic carbocycles. The molecule has 2 nitrogen and oxygen atoms in total. The first-order valence-electron chi connectivity index (χ1n) is 7.54. The molecule has 0 fully saturated rings. The molecule has 1 N–H and O–H groups in total. The molecule has 0 saturated heterocycles. The molecule has 0 aliphatic heterocycles. The maximum atomic E-state index is 9.51. The number of hydrogen-bond donors (Lipinski definition) is 1. The lowest BCUT2D eigenvalue weighted by Crippen LogP contribution is -2.00. The molecule has 0 unspecified atom stereocenters. The van der Waals surface area contributed by atoms with Crippen LogP contribution in [-0.4, -0.2) is 10.9 Å². The van der Waals surface area contributed by atoms with Crippen molar-refractivity contribution >= 4 is 5.71 Å². The van der Waals surface area contributed by atoms with Crippen molar-refractivity contribution < 1.29 is 5.21 Å². The van der Waals surface area contributed by atoms with Crippen LogP contribution in [0.5, 0.6) is 0 Å². The summed E-state index contributed by atoms with van der Waals surface area (Å²) < 4.78 is 0. The van der Waals surface area contributed by atoms with Crippen LogP contribution in [0.25, 0.3) is 11.1 Å². The lowest BCUT2D eigenvalue weighted by Gasteiger charge is -2.08. The molecule has 0 saturated carbocycles. The van der Waals surface area contributed by atoms with Gasteiger partial charge in [-0.15, -0.1) is 0 Å². The third-order valence-corrected chi connectivity index (χ3v) is 4.32. The van der Waals surface area contributed by atoms with Gasteiger partial charge in [0, 0.05) is 11.1 Å². The van der Waals surface area contributed by atoms with Gasteiger partial charge >= 0.3 is 0 Å². The Bertz CT molecular complexity index is 667. The van der Waals surface area contributed by atoms with Crippen LogP contribution in [0.4, 0.5) is 0 Å². The van der Waals surface area contributed by atoms with Crippen LogP contribution in [-0.2, 0) is 0 Å². The highest BCUT2D eigenvalue weighted by Gasteiger charge is 2.26. The predicted molar refractivity (Wildman–Crippen MR) is 87.5 cm³/mol. The number of nitrogens with zero attached hydrogens (tertiary/aromatic N) is 1. The number of rotatable bonds is 2. The van der Waals surface area contributed by atoms with Gasteiger partial charge in [0.05, 0.1) is 0 Å². The van der Waals surface area contributed by atoms with E-state index >= 15 is 0 Å². The lowest BCUT2D eigenvalue weighted by molar-refractivity contribution is 0.320. The highest BCUT2D eigenvalue weighted by Crippen LogP contribution is 2.39. The van der Waals surface area contributed by atoms with E-state index in [0.717, 1.165) is 22.3 Å². The highest BCUT2D eigenvalue weighted by atomic mass is 16.4. The average Bonchev–Trinajstić information content (AvgIpc) is 2.78. The number of fused-ring (bicyclic) bond motifs is 3. The predicted octanol–water partition coefficient (Wildman–Crippen LogP) is 5.14. The molecular weight excluding hydrogens is 258 g/mol. The minimum atomic E-state index is 0.463. The van der Waals surface area contributed by atoms with Gasteiger partial charge in [-0.2, -0.15) is 0 Å². The van der Waals surface area contributed by atoms with Gasteiger partial charge in [-0.05, 0) is 46.2 Å². The molecule has 21 heavy (non-hydrogen) atoms. The standard InChI is InChI=1S/C19H21NO/c1-11(2)13-5-7-15-16-8-6-14(12(3)4)10-18(16)19(20-21)17(15)9-13/h5-12,21H,1-4H3. The second kappa shape index (κ2) is 5.03. The number of benzene rings is 2. The van der Waals surface area contributed by atoms with Gasteiger partial charge in [0.15, 0.2) is 0 Å². The van der Waals surface area contributed by atoms with Gasteiger partial charge in [0.2, 0.25) is 0 Å². The molecule has 0 atom stereocenters. The van der Waals surface area contributed by atoms with Crippen molar-refractivity contribution in [3.63, 3.8) is 0 Å². The molecule has 0 radical (unpaired) electrons. The Morgan fingerprint density at radius 3 is 1.48 bits per heavy atom. The molecule has 0 spiro atoms. The Labute approximate surface area is 126 Å². The summed E-state index contributed by atoms with van der Waals surface area (Å²) >= 11 is 0. The molecule has 0 heterocycles. The van der Waals surface area contributed by atoms with Gasteiger partial charge < -0.3 is 5.21 Å². The fourth-order valence-corrected chi connectivity index (χ4v) is 2.96. The smallest absolute Gasteiger partial charge is 0.118 e. The molecule has 2 aromatic rings. The van der Waals surface area contributed by atoms with E-state index in [1.807, 2.05) is 0 Å². The van der Waals surface area contributed by atoms with Gasteiger partial charge in [0.1, 0.15) is 5.71 Å². The van der Waals surface area contributed by atoms with Crippen molar-refractivity contribution in [1.29, 1.82) is 0 Å².